The highest BCUT2D eigenvalue weighted by atomic mass is 16.5. The van der Waals surface area contributed by atoms with Crippen molar-refractivity contribution in [2.75, 3.05) is 44.8 Å². The van der Waals surface area contributed by atoms with Gasteiger partial charge in [0.05, 0.1) is 12.2 Å². The number of anilines is 3. The van der Waals surface area contributed by atoms with Crippen LogP contribution in [0.3, 0.4) is 0 Å². The van der Waals surface area contributed by atoms with Crippen molar-refractivity contribution in [1.82, 2.24) is 14.8 Å². The number of hydrogen-bond acceptors (Lipinski definition) is 8. The molecule has 1 aliphatic rings. The minimum Gasteiger partial charge on any atom is -0.472 e. The van der Waals surface area contributed by atoms with E-state index in [4.69, 9.17) is 20.6 Å². The summed E-state index contributed by atoms with van der Waals surface area (Å²) in [4.78, 5) is 20.3. The van der Waals surface area contributed by atoms with Crippen LogP contribution in [0.25, 0.3) is 0 Å². The average Bonchev–Trinajstić information content (AvgIpc) is 3.33. The maximum Gasteiger partial charge on any atom is 0.246 e. The van der Waals surface area contributed by atoms with Crippen molar-refractivity contribution in [3.8, 4) is 11.5 Å². The van der Waals surface area contributed by atoms with Crippen LogP contribution >= 0.6 is 0 Å². The van der Waals surface area contributed by atoms with Crippen molar-refractivity contribution in [2.24, 2.45) is 0 Å². The molecule has 1 unspecified atom stereocenters. The monoisotopic (exact) mass is 500 g/mol. The predicted molar refractivity (Wildman–Crippen MR) is 145 cm³/mol. The van der Waals surface area contributed by atoms with Crippen LogP contribution in [0.1, 0.15) is 12.0 Å². The van der Waals surface area contributed by atoms with E-state index in [9.17, 15) is 4.79 Å². The molecule has 1 fully saturated rings. The second-order valence-corrected chi connectivity index (χ2v) is 8.99. The van der Waals surface area contributed by atoms with Crippen LogP contribution in [-0.4, -0.2) is 66.4 Å². The number of nitrogen functional groups attached to an aromatic ring is 1. The van der Waals surface area contributed by atoms with Crippen LogP contribution in [0.4, 0.5) is 17.2 Å². The topological polar surface area (TPSA) is 117 Å². The number of rotatable bonds is 9. The molecule has 0 spiro atoms. The van der Waals surface area contributed by atoms with Crippen LogP contribution in [0.2, 0.25) is 0 Å². The van der Waals surface area contributed by atoms with Gasteiger partial charge in [-0.25, -0.2) is 4.98 Å². The first-order valence-corrected chi connectivity index (χ1v) is 12.1. The van der Waals surface area contributed by atoms with Gasteiger partial charge in [-0.2, -0.15) is 0 Å². The van der Waals surface area contributed by atoms with E-state index in [2.05, 4.69) is 10.3 Å². The number of likely N-dealkylation sites (N-methyl/N-ethyl adjacent to an activating group) is 1. The van der Waals surface area contributed by atoms with E-state index in [0.29, 0.717) is 43.1 Å². The molecule has 1 saturated heterocycles. The summed E-state index contributed by atoms with van der Waals surface area (Å²) in [5.41, 5.74) is 7.88. The number of aromatic nitrogens is 1. The molecule has 192 valence electrons. The molecule has 0 aliphatic carbocycles. The zero-order valence-electron chi connectivity index (χ0n) is 21.1. The van der Waals surface area contributed by atoms with Crippen molar-refractivity contribution in [1.29, 1.82) is 5.41 Å². The molecule has 0 saturated carbocycles. The molecule has 0 bridgehead atoms. The van der Waals surface area contributed by atoms with E-state index in [1.165, 1.54) is 0 Å². The molecule has 4 N–H and O–H groups in total. The lowest BCUT2D eigenvalue weighted by Gasteiger charge is -2.19. The van der Waals surface area contributed by atoms with Crippen molar-refractivity contribution in [2.45, 2.75) is 12.5 Å². The summed E-state index contributed by atoms with van der Waals surface area (Å²) in [6.45, 7) is 1.68. The Morgan fingerprint density at radius 2 is 1.97 bits per heavy atom. The lowest BCUT2D eigenvalue weighted by molar-refractivity contribution is -0.125. The van der Waals surface area contributed by atoms with Crippen LogP contribution in [0, 0.1) is 5.41 Å². The summed E-state index contributed by atoms with van der Waals surface area (Å²) in [5.74, 6) is 1.44. The standard InChI is InChI=1S/C28H32N6O3/c1-33(2)16-7-12-25(35)34-17-14-23(19-34)37-28(30)26-24(13-15-31-27(26)29)32-20-8-6-11-22(18-20)36-21-9-4-3-5-10-21/h3-13,15,18,23,30H,14,16-17,19H2,1-2H3,(H3,29,31,32)/b12-7+,30-28?. The van der Waals surface area contributed by atoms with E-state index >= 15 is 0 Å². The smallest absolute Gasteiger partial charge is 0.246 e. The third kappa shape index (κ3) is 7.08. The summed E-state index contributed by atoms with van der Waals surface area (Å²) in [6.07, 6.45) is 5.34. The Kier molecular flexibility index (Phi) is 8.37. The Labute approximate surface area is 217 Å². The lowest BCUT2D eigenvalue weighted by atomic mass is 10.2. The summed E-state index contributed by atoms with van der Waals surface area (Å²) < 4.78 is 11.9. The maximum atomic E-state index is 12.4. The highest BCUT2D eigenvalue weighted by Crippen LogP contribution is 2.29. The molecule has 0 radical (unpaired) electrons. The normalized spacial score (nSPS) is 15.2. The number of benzene rings is 2. The molecule has 3 aromatic rings. The van der Waals surface area contributed by atoms with Crippen molar-refractivity contribution in [3.63, 3.8) is 0 Å². The number of carbonyl (C=O) groups excluding carboxylic acids is 1. The van der Waals surface area contributed by atoms with Gasteiger partial charge in [0.2, 0.25) is 11.8 Å². The van der Waals surface area contributed by atoms with Crippen molar-refractivity contribution >= 4 is 29.0 Å². The van der Waals surface area contributed by atoms with Gasteiger partial charge in [-0.15, -0.1) is 0 Å². The van der Waals surface area contributed by atoms with Gasteiger partial charge in [0.15, 0.2) is 0 Å². The first kappa shape index (κ1) is 25.7. The Morgan fingerprint density at radius 1 is 1.19 bits per heavy atom. The van der Waals surface area contributed by atoms with Gasteiger partial charge in [-0.3, -0.25) is 10.2 Å². The van der Waals surface area contributed by atoms with Gasteiger partial charge < -0.3 is 30.3 Å². The van der Waals surface area contributed by atoms with E-state index < -0.39 is 0 Å². The fourth-order valence-corrected chi connectivity index (χ4v) is 3.96. The predicted octanol–water partition coefficient (Wildman–Crippen LogP) is 4.26. The second kappa shape index (κ2) is 12.0. The minimum atomic E-state index is -0.297. The number of amides is 1. The molecule has 9 nitrogen and oxygen atoms in total. The van der Waals surface area contributed by atoms with Crippen LogP contribution in [-0.2, 0) is 9.53 Å². The molecule has 1 aromatic heterocycles. The molecule has 37 heavy (non-hydrogen) atoms. The van der Waals surface area contributed by atoms with Gasteiger partial charge in [0.25, 0.3) is 0 Å². The number of pyridine rings is 1. The first-order chi connectivity index (χ1) is 17.9. The molecule has 1 atom stereocenters. The SMILES string of the molecule is CN(C)C/C=C/C(=O)N1CCC(OC(=N)c2c(Nc3cccc(Oc4ccccc4)c3)ccnc2N)C1. The van der Waals surface area contributed by atoms with Crippen molar-refractivity contribution < 1.29 is 14.3 Å². The van der Waals surface area contributed by atoms with Gasteiger partial charge in [0.1, 0.15) is 29.0 Å². The fraction of sp³-hybridized carbons (Fsp3) is 0.250. The molecular weight excluding hydrogens is 468 g/mol. The molecule has 1 amide bonds. The number of nitrogens with two attached hydrogens (primary N) is 1. The molecular formula is C28H32N6O3. The fourth-order valence-electron chi connectivity index (χ4n) is 3.96. The second-order valence-electron chi connectivity index (χ2n) is 8.99. The molecule has 2 aromatic carbocycles. The Balaban J connectivity index is 1.42. The highest BCUT2D eigenvalue weighted by molar-refractivity contribution is 6.02. The zero-order chi connectivity index (χ0) is 26.2. The quantitative estimate of drug-likeness (QED) is 0.228. The number of hydrogen-bond donors (Lipinski definition) is 3. The molecule has 9 heteroatoms. The van der Waals surface area contributed by atoms with Crippen LogP contribution in [0.15, 0.2) is 79.0 Å². The van der Waals surface area contributed by atoms with Gasteiger partial charge >= 0.3 is 0 Å². The highest BCUT2D eigenvalue weighted by Gasteiger charge is 2.28. The van der Waals surface area contributed by atoms with E-state index in [1.807, 2.05) is 79.7 Å². The van der Waals surface area contributed by atoms with Gasteiger partial charge in [-0.05, 0) is 44.4 Å². The van der Waals surface area contributed by atoms with E-state index in [1.54, 1.807) is 23.2 Å². The first-order valence-electron chi connectivity index (χ1n) is 12.1. The van der Waals surface area contributed by atoms with Gasteiger partial charge in [-0.1, -0.05) is 30.3 Å². The Morgan fingerprint density at radius 3 is 2.76 bits per heavy atom. The summed E-state index contributed by atoms with van der Waals surface area (Å²) in [7, 11) is 3.89. The summed E-state index contributed by atoms with van der Waals surface area (Å²) in [6, 6.07) is 18.8. The van der Waals surface area contributed by atoms with E-state index in [0.717, 1.165) is 11.4 Å². The van der Waals surface area contributed by atoms with Crippen LogP contribution in [0.5, 0.6) is 11.5 Å². The molecule has 1 aliphatic heterocycles. The van der Waals surface area contributed by atoms with Crippen LogP contribution < -0.4 is 15.8 Å². The Bertz CT molecular complexity index is 1260. The Hall–Kier alpha value is -4.37. The molecule has 4 rings (SSSR count). The third-order valence-electron chi connectivity index (χ3n) is 5.77. The number of carbonyl (C=O) groups is 1. The zero-order valence-corrected chi connectivity index (χ0v) is 21.1. The summed E-state index contributed by atoms with van der Waals surface area (Å²) in [5, 5.41) is 11.9. The maximum absolute atomic E-state index is 12.4. The minimum absolute atomic E-state index is 0.0552. The average molecular weight is 501 g/mol. The number of likely N-dealkylation sites (tertiary alicyclic amines) is 1. The van der Waals surface area contributed by atoms with E-state index in [-0.39, 0.29) is 23.7 Å². The third-order valence-corrected chi connectivity index (χ3v) is 5.77. The number of nitrogens with one attached hydrogen (secondary N) is 2. The number of ether oxygens (including phenoxy) is 2. The number of para-hydroxylation sites is 1. The lowest BCUT2D eigenvalue weighted by Crippen LogP contribution is -2.30. The summed E-state index contributed by atoms with van der Waals surface area (Å²) >= 11 is 0. The van der Waals surface area contributed by atoms with Gasteiger partial charge in [0, 0.05) is 43.5 Å². The molecule has 2 heterocycles. The number of nitrogens with zero attached hydrogens (tertiary/aromatic N) is 3. The van der Waals surface area contributed by atoms with Crippen molar-refractivity contribution in [3.05, 3.63) is 84.6 Å². The largest absolute Gasteiger partial charge is 0.472 e.